The average molecular weight is 364 g/mol. The SMILES string of the molecule is Clc1ccc(NSN2CCc3c([nH]c4ccc(Cl)cc34)C2)cc1. The Morgan fingerprint density at radius 2 is 1.83 bits per heavy atom. The number of benzene rings is 2. The van der Waals surface area contributed by atoms with E-state index < -0.39 is 0 Å². The van der Waals surface area contributed by atoms with Gasteiger partial charge in [-0.25, -0.2) is 4.31 Å². The predicted octanol–water partition coefficient (Wildman–Crippen LogP) is 5.51. The lowest BCUT2D eigenvalue weighted by Gasteiger charge is -2.25. The number of anilines is 1. The predicted molar refractivity (Wildman–Crippen MR) is 100 cm³/mol. The van der Waals surface area contributed by atoms with Crippen molar-refractivity contribution in [2.24, 2.45) is 0 Å². The maximum absolute atomic E-state index is 6.13. The Bertz CT molecular complexity index is 845. The number of aromatic nitrogens is 1. The summed E-state index contributed by atoms with van der Waals surface area (Å²) in [6.07, 6.45) is 1.02. The molecular formula is C17H15Cl2N3S. The largest absolute Gasteiger partial charge is 0.357 e. The Kier molecular flexibility index (Phi) is 4.16. The molecule has 2 N–H and O–H groups in total. The molecule has 1 aromatic heterocycles. The fourth-order valence-corrected chi connectivity index (χ4v) is 3.95. The molecule has 0 atom stereocenters. The second-order valence-electron chi connectivity index (χ2n) is 5.59. The van der Waals surface area contributed by atoms with Crippen molar-refractivity contribution < 1.29 is 0 Å². The lowest BCUT2D eigenvalue weighted by atomic mass is 10.0. The van der Waals surface area contributed by atoms with Crippen molar-refractivity contribution in [2.45, 2.75) is 13.0 Å². The molecule has 0 aliphatic carbocycles. The molecule has 4 rings (SSSR count). The van der Waals surface area contributed by atoms with Crippen LogP contribution >= 0.6 is 35.3 Å². The van der Waals surface area contributed by atoms with Crippen LogP contribution in [0.25, 0.3) is 10.9 Å². The summed E-state index contributed by atoms with van der Waals surface area (Å²) in [7, 11) is 0. The van der Waals surface area contributed by atoms with E-state index in [1.807, 2.05) is 30.3 Å². The van der Waals surface area contributed by atoms with Crippen molar-refractivity contribution in [3.8, 4) is 0 Å². The highest BCUT2D eigenvalue weighted by Gasteiger charge is 2.21. The molecule has 0 fully saturated rings. The summed E-state index contributed by atoms with van der Waals surface area (Å²) in [6.45, 7) is 1.88. The molecule has 2 heterocycles. The van der Waals surface area contributed by atoms with Gasteiger partial charge < -0.3 is 9.71 Å². The van der Waals surface area contributed by atoms with Gasteiger partial charge in [-0.3, -0.25) is 0 Å². The quantitative estimate of drug-likeness (QED) is 0.601. The van der Waals surface area contributed by atoms with E-state index in [9.17, 15) is 0 Å². The van der Waals surface area contributed by atoms with E-state index in [0.717, 1.165) is 40.8 Å². The molecule has 6 heteroatoms. The van der Waals surface area contributed by atoms with Crippen LogP contribution in [-0.4, -0.2) is 15.8 Å². The number of H-pyrrole nitrogens is 1. The first-order valence-electron chi connectivity index (χ1n) is 7.41. The number of rotatable bonds is 3. The topological polar surface area (TPSA) is 31.1 Å². The zero-order valence-corrected chi connectivity index (χ0v) is 14.6. The van der Waals surface area contributed by atoms with E-state index in [0.29, 0.717) is 0 Å². The van der Waals surface area contributed by atoms with Gasteiger partial charge in [0.05, 0.1) is 6.54 Å². The van der Waals surface area contributed by atoms with Gasteiger partial charge in [0.15, 0.2) is 0 Å². The van der Waals surface area contributed by atoms with Crippen LogP contribution < -0.4 is 4.72 Å². The maximum Gasteiger partial charge on any atom is 0.0511 e. The molecule has 1 aliphatic heterocycles. The lowest BCUT2D eigenvalue weighted by Crippen LogP contribution is -2.25. The maximum atomic E-state index is 6.13. The Morgan fingerprint density at radius 1 is 1.04 bits per heavy atom. The van der Waals surface area contributed by atoms with Crippen LogP contribution in [0.5, 0.6) is 0 Å². The first-order valence-corrected chi connectivity index (χ1v) is 8.94. The third kappa shape index (κ3) is 3.17. The monoisotopic (exact) mass is 363 g/mol. The highest BCUT2D eigenvalue weighted by Crippen LogP contribution is 2.32. The van der Waals surface area contributed by atoms with E-state index in [2.05, 4.69) is 26.1 Å². The van der Waals surface area contributed by atoms with E-state index in [-0.39, 0.29) is 0 Å². The lowest BCUT2D eigenvalue weighted by molar-refractivity contribution is 0.441. The minimum Gasteiger partial charge on any atom is -0.357 e. The van der Waals surface area contributed by atoms with Crippen molar-refractivity contribution >= 4 is 51.9 Å². The van der Waals surface area contributed by atoms with Crippen molar-refractivity contribution in [1.29, 1.82) is 0 Å². The third-order valence-corrected chi connectivity index (χ3v) is 5.42. The molecule has 0 bridgehead atoms. The standard InChI is InChI=1S/C17H15Cl2N3S/c18-11-1-4-13(5-2-11)21-23-22-8-7-14-15-9-12(19)3-6-16(15)20-17(14)10-22/h1-6,9,20-21H,7-8,10H2. The molecule has 0 amide bonds. The number of aromatic amines is 1. The Hall–Kier alpha value is -1.33. The molecule has 23 heavy (non-hydrogen) atoms. The van der Waals surface area contributed by atoms with Crippen molar-refractivity contribution in [2.75, 3.05) is 11.3 Å². The van der Waals surface area contributed by atoms with Gasteiger partial charge in [0, 0.05) is 51.0 Å². The molecule has 0 radical (unpaired) electrons. The fourth-order valence-electron chi connectivity index (χ4n) is 2.90. The number of nitrogens with one attached hydrogen (secondary N) is 2. The summed E-state index contributed by atoms with van der Waals surface area (Å²) in [6, 6.07) is 13.8. The van der Waals surface area contributed by atoms with Gasteiger partial charge in [0.25, 0.3) is 0 Å². The van der Waals surface area contributed by atoms with Crippen molar-refractivity contribution in [1.82, 2.24) is 9.29 Å². The molecular weight excluding hydrogens is 349 g/mol. The van der Waals surface area contributed by atoms with Crippen LogP contribution in [0.4, 0.5) is 5.69 Å². The van der Waals surface area contributed by atoms with Crippen LogP contribution in [0.15, 0.2) is 42.5 Å². The molecule has 0 spiro atoms. The van der Waals surface area contributed by atoms with Gasteiger partial charge >= 0.3 is 0 Å². The number of nitrogens with zero attached hydrogens (tertiary/aromatic N) is 1. The van der Waals surface area contributed by atoms with Gasteiger partial charge in [-0.05, 0) is 54.4 Å². The fraction of sp³-hybridized carbons (Fsp3) is 0.176. The Labute approximate surface area is 149 Å². The van der Waals surface area contributed by atoms with E-state index >= 15 is 0 Å². The van der Waals surface area contributed by atoms with Gasteiger partial charge in [-0.1, -0.05) is 23.2 Å². The highest BCUT2D eigenvalue weighted by molar-refractivity contribution is 7.98. The molecule has 0 saturated carbocycles. The second kappa shape index (κ2) is 6.29. The Morgan fingerprint density at radius 3 is 2.65 bits per heavy atom. The average Bonchev–Trinajstić information content (AvgIpc) is 2.91. The molecule has 3 aromatic rings. The van der Waals surface area contributed by atoms with Crippen LogP contribution in [0, 0.1) is 0 Å². The second-order valence-corrected chi connectivity index (χ2v) is 7.36. The molecule has 0 unspecified atom stereocenters. The first-order chi connectivity index (χ1) is 11.2. The van der Waals surface area contributed by atoms with E-state index in [1.54, 1.807) is 12.1 Å². The number of halogens is 2. The minimum atomic E-state index is 0.750. The minimum absolute atomic E-state index is 0.750. The van der Waals surface area contributed by atoms with E-state index in [4.69, 9.17) is 23.2 Å². The Balaban J connectivity index is 1.48. The summed E-state index contributed by atoms with van der Waals surface area (Å²) in [4.78, 5) is 3.52. The van der Waals surface area contributed by atoms with Crippen LogP contribution in [-0.2, 0) is 13.0 Å². The van der Waals surface area contributed by atoms with Crippen molar-refractivity contribution in [3.05, 3.63) is 63.8 Å². The molecule has 3 nitrogen and oxygen atoms in total. The van der Waals surface area contributed by atoms with Gasteiger partial charge in [-0.15, -0.1) is 0 Å². The zero-order chi connectivity index (χ0) is 15.8. The van der Waals surface area contributed by atoms with Gasteiger partial charge in [0.2, 0.25) is 0 Å². The van der Waals surface area contributed by atoms with Crippen LogP contribution in [0.3, 0.4) is 0 Å². The first kappa shape index (κ1) is 15.2. The summed E-state index contributed by atoms with van der Waals surface area (Å²) in [5, 5.41) is 2.79. The van der Waals surface area contributed by atoms with Crippen LogP contribution in [0.2, 0.25) is 10.0 Å². The normalized spacial score (nSPS) is 14.9. The van der Waals surface area contributed by atoms with Crippen molar-refractivity contribution in [3.63, 3.8) is 0 Å². The summed E-state index contributed by atoms with van der Waals surface area (Å²) < 4.78 is 5.68. The molecule has 2 aromatic carbocycles. The highest BCUT2D eigenvalue weighted by atomic mass is 35.5. The zero-order valence-electron chi connectivity index (χ0n) is 12.3. The molecule has 118 valence electrons. The molecule has 0 saturated heterocycles. The number of hydrogen-bond acceptors (Lipinski definition) is 3. The number of fused-ring (bicyclic) bond motifs is 3. The summed E-state index contributed by atoms with van der Waals surface area (Å²) >= 11 is 13.7. The molecule has 1 aliphatic rings. The summed E-state index contributed by atoms with van der Waals surface area (Å²) in [5.74, 6) is 0. The third-order valence-electron chi connectivity index (χ3n) is 4.04. The number of hydrogen-bond donors (Lipinski definition) is 2. The van der Waals surface area contributed by atoms with E-state index in [1.165, 1.54) is 16.6 Å². The smallest absolute Gasteiger partial charge is 0.0511 e. The summed E-state index contributed by atoms with van der Waals surface area (Å²) in [5.41, 5.74) is 4.88. The van der Waals surface area contributed by atoms with Gasteiger partial charge in [0.1, 0.15) is 0 Å². The van der Waals surface area contributed by atoms with Crippen LogP contribution in [0.1, 0.15) is 11.3 Å². The van der Waals surface area contributed by atoms with Gasteiger partial charge in [-0.2, -0.15) is 0 Å².